The van der Waals surface area contributed by atoms with Crippen molar-refractivity contribution < 1.29 is 4.79 Å². The molecule has 1 N–H and O–H groups in total. The van der Waals surface area contributed by atoms with Crippen LogP contribution in [0.4, 0.5) is 5.69 Å². The van der Waals surface area contributed by atoms with Crippen LogP contribution in [0.5, 0.6) is 0 Å². The SMILES string of the molecule is O=C1C2=CC=C3C=CC=C[C@H]3[C@@H]2Nc2ccccc21. The van der Waals surface area contributed by atoms with Gasteiger partial charge in [-0.3, -0.25) is 4.79 Å². The molecule has 0 spiro atoms. The summed E-state index contributed by atoms with van der Waals surface area (Å²) in [6, 6.07) is 7.79. The molecule has 0 saturated heterocycles. The molecule has 0 unspecified atom stereocenters. The van der Waals surface area contributed by atoms with Gasteiger partial charge in [-0.25, -0.2) is 0 Å². The second-order valence-corrected chi connectivity index (χ2v) is 5.06. The molecule has 0 bridgehead atoms. The molecule has 0 fully saturated rings. The van der Waals surface area contributed by atoms with Crippen molar-refractivity contribution in [2.45, 2.75) is 6.04 Å². The number of hydrogen-bond acceptors (Lipinski definition) is 2. The van der Waals surface area contributed by atoms with Gasteiger partial charge in [-0.15, -0.1) is 0 Å². The zero-order chi connectivity index (χ0) is 12.8. The van der Waals surface area contributed by atoms with Gasteiger partial charge in [0.2, 0.25) is 0 Å². The summed E-state index contributed by atoms with van der Waals surface area (Å²) in [5, 5.41) is 3.51. The van der Waals surface area contributed by atoms with E-state index in [1.54, 1.807) is 0 Å². The molecule has 1 aromatic rings. The number of rotatable bonds is 0. The smallest absolute Gasteiger partial charge is 0.193 e. The molecule has 2 aliphatic carbocycles. The number of carbonyl (C=O) groups excluding carboxylic acids is 1. The summed E-state index contributed by atoms with van der Waals surface area (Å²) in [5.41, 5.74) is 3.85. The van der Waals surface area contributed by atoms with Gasteiger partial charge >= 0.3 is 0 Å². The third-order valence-electron chi connectivity index (χ3n) is 4.00. The molecule has 1 aromatic carbocycles. The molecule has 2 nitrogen and oxygen atoms in total. The van der Waals surface area contributed by atoms with E-state index in [1.807, 2.05) is 36.4 Å². The summed E-state index contributed by atoms with van der Waals surface area (Å²) >= 11 is 0. The highest BCUT2D eigenvalue weighted by atomic mass is 16.1. The number of ketones is 1. The van der Waals surface area contributed by atoms with Crippen molar-refractivity contribution in [1.82, 2.24) is 0 Å². The predicted molar refractivity (Wildman–Crippen MR) is 76.1 cm³/mol. The van der Waals surface area contributed by atoms with Gasteiger partial charge in [-0.2, -0.15) is 0 Å². The minimum atomic E-state index is 0.0589. The fourth-order valence-electron chi connectivity index (χ4n) is 3.04. The van der Waals surface area contributed by atoms with Crippen LogP contribution in [0.3, 0.4) is 0 Å². The minimum Gasteiger partial charge on any atom is -0.377 e. The summed E-state index contributed by atoms with van der Waals surface area (Å²) in [7, 11) is 0. The van der Waals surface area contributed by atoms with Gasteiger partial charge in [-0.1, -0.05) is 48.6 Å². The van der Waals surface area contributed by atoms with Crippen LogP contribution in [0.2, 0.25) is 0 Å². The molecule has 2 atom stereocenters. The summed E-state index contributed by atoms with van der Waals surface area (Å²) in [6.07, 6.45) is 12.4. The summed E-state index contributed by atoms with van der Waals surface area (Å²) in [5.74, 6) is 0.403. The maximum absolute atomic E-state index is 12.5. The van der Waals surface area contributed by atoms with E-state index in [2.05, 4.69) is 29.6 Å². The number of allylic oxidation sites excluding steroid dienone is 5. The van der Waals surface area contributed by atoms with Gasteiger partial charge in [0.1, 0.15) is 0 Å². The van der Waals surface area contributed by atoms with Gasteiger partial charge in [0.25, 0.3) is 0 Å². The Morgan fingerprint density at radius 1 is 1.05 bits per heavy atom. The van der Waals surface area contributed by atoms with Crippen LogP contribution in [0.25, 0.3) is 0 Å². The molecule has 0 aromatic heterocycles. The van der Waals surface area contributed by atoms with Crippen molar-refractivity contribution in [3.8, 4) is 0 Å². The molecule has 19 heavy (non-hydrogen) atoms. The zero-order valence-electron chi connectivity index (χ0n) is 10.3. The quantitative estimate of drug-likeness (QED) is 0.762. The first-order valence-corrected chi connectivity index (χ1v) is 6.51. The van der Waals surface area contributed by atoms with Crippen molar-refractivity contribution in [1.29, 1.82) is 0 Å². The van der Waals surface area contributed by atoms with Crippen LogP contribution in [0, 0.1) is 5.92 Å². The van der Waals surface area contributed by atoms with Crippen LogP contribution in [-0.4, -0.2) is 11.8 Å². The number of Topliss-reactive ketones (excluding diaryl/α,β-unsaturated/α-hetero) is 1. The number of benzene rings is 1. The molecule has 92 valence electrons. The van der Waals surface area contributed by atoms with Crippen molar-refractivity contribution >= 4 is 11.5 Å². The highest BCUT2D eigenvalue weighted by Crippen LogP contribution is 2.38. The second-order valence-electron chi connectivity index (χ2n) is 5.06. The Morgan fingerprint density at radius 3 is 2.89 bits per heavy atom. The van der Waals surface area contributed by atoms with E-state index in [9.17, 15) is 4.79 Å². The van der Waals surface area contributed by atoms with Gasteiger partial charge in [0, 0.05) is 22.7 Å². The number of carbonyl (C=O) groups is 1. The van der Waals surface area contributed by atoms with Crippen molar-refractivity contribution in [2.24, 2.45) is 5.92 Å². The molecule has 0 saturated carbocycles. The Kier molecular flexibility index (Phi) is 2.12. The Labute approximate surface area is 111 Å². The number of anilines is 1. The van der Waals surface area contributed by atoms with Crippen LogP contribution in [0.1, 0.15) is 10.4 Å². The Morgan fingerprint density at radius 2 is 1.95 bits per heavy atom. The average Bonchev–Trinajstić information content (AvgIpc) is 2.47. The molecule has 4 rings (SSSR count). The van der Waals surface area contributed by atoms with E-state index in [0.717, 1.165) is 16.8 Å². The Hall–Kier alpha value is -2.35. The molecule has 1 aliphatic heterocycles. The molecule has 1 heterocycles. The largest absolute Gasteiger partial charge is 0.377 e. The monoisotopic (exact) mass is 247 g/mol. The Bertz CT molecular complexity index is 691. The third kappa shape index (κ3) is 1.46. The van der Waals surface area contributed by atoms with Gasteiger partial charge in [0.05, 0.1) is 6.04 Å². The molecular formula is C17H13NO. The molecule has 0 amide bonds. The van der Waals surface area contributed by atoms with E-state index < -0.39 is 0 Å². The lowest BCUT2D eigenvalue weighted by atomic mass is 9.76. The topological polar surface area (TPSA) is 29.1 Å². The van der Waals surface area contributed by atoms with E-state index in [0.29, 0.717) is 0 Å². The first-order chi connectivity index (χ1) is 9.34. The van der Waals surface area contributed by atoms with Crippen molar-refractivity contribution in [2.75, 3.05) is 5.32 Å². The maximum Gasteiger partial charge on any atom is 0.193 e. The van der Waals surface area contributed by atoms with Crippen LogP contribution < -0.4 is 5.32 Å². The van der Waals surface area contributed by atoms with Gasteiger partial charge < -0.3 is 5.32 Å². The van der Waals surface area contributed by atoms with E-state index in [4.69, 9.17) is 0 Å². The number of nitrogens with one attached hydrogen (secondary N) is 1. The zero-order valence-corrected chi connectivity index (χ0v) is 10.3. The van der Waals surface area contributed by atoms with E-state index in [-0.39, 0.29) is 17.7 Å². The number of para-hydroxylation sites is 1. The maximum atomic E-state index is 12.5. The van der Waals surface area contributed by atoms with Crippen LogP contribution >= 0.6 is 0 Å². The van der Waals surface area contributed by atoms with Gasteiger partial charge in [0.15, 0.2) is 5.78 Å². The highest BCUT2D eigenvalue weighted by molar-refractivity contribution is 6.15. The first-order valence-electron chi connectivity index (χ1n) is 6.51. The lowest BCUT2D eigenvalue weighted by molar-refractivity contribution is 0.102. The number of fused-ring (bicyclic) bond motifs is 4. The third-order valence-corrected chi connectivity index (χ3v) is 4.00. The average molecular weight is 247 g/mol. The summed E-state index contributed by atoms with van der Waals surface area (Å²) < 4.78 is 0. The lowest BCUT2D eigenvalue weighted by Crippen LogP contribution is -2.40. The summed E-state index contributed by atoms with van der Waals surface area (Å²) in [6.45, 7) is 0. The second kappa shape index (κ2) is 3.82. The van der Waals surface area contributed by atoms with Crippen molar-refractivity contribution in [3.05, 3.63) is 77.4 Å². The highest BCUT2D eigenvalue weighted by Gasteiger charge is 2.36. The van der Waals surface area contributed by atoms with Crippen LogP contribution in [0.15, 0.2) is 71.9 Å². The molecule has 3 aliphatic rings. The minimum absolute atomic E-state index is 0.0589. The number of hydrogen-bond donors (Lipinski definition) is 1. The van der Waals surface area contributed by atoms with Crippen molar-refractivity contribution in [3.63, 3.8) is 0 Å². The predicted octanol–water partition coefficient (Wildman–Crippen LogP) is 3.27. The fraction of sp³-hybridized carbons (Fsp3) is 0.118. The lowest BCUT2D eigenvalue weighted by Gasteiger charge is -2.36. The van der Waals surface area contributed by atoms with E-state index in [1.165, 1.54) is 5.57 Å². The molecule has 0 radical (unpaired) electrons. The Balaban J connectivity index is 1.86. The standard InChI is InChI=1S/C17H13NO/c19-17-13-7-3-4-8-15(13)18-16-12-6-2-1-5-11(12)9-10-14(16)17/h1-10,12,16,18H/t12-,16+/m1/s1. The normalized spacial score (nSPS) is 26.6. The van der Waals surface area contributed by atoms with E-state index >= 15 is 0 Å². The van der Waals surface area contributed by atoms with Crippen LogP contribution in [-0.2, 0) is 0 Å². The molecular weight excluding hydrogens is 234 g/mol. The fourth-order valence-corrected chi connectivity index (χ4v) is 3.04. The summed E-state index contributed by atoms with van der Waals surface area (Å²) in [4.78, 5) is 12.5. The molecule has 2 heteroatoms. The first kappa shape index (κ1) is 10.6. The van der Waals surface area contributed by atoms with Gasteiger partial charge in [-0.05, 0) is 17.7 Å².